The number of ether oxygens (including phenoxy) is 1. The van der Waals surface area contributed by atoms with E-state index < -0.39 is 0 Å². The molecule has 1 saturated heterocycles. The largest absolute Gasteiger partial charge is 0.376 e. The minimum atomic E-state index is 0.175. The van der Waals surface area contributed by atoms with Gasteiger partial charge in [-0.15, -0.1) is 0 Å². The van der Waals surface area contributed by atoms with Gasteiger partial charge >= 0.3 is 0 Å². The normalized spacial score (nSPS) is 18.1. The molecule has 0 aromatic carbocycles. The van der Waals surface area contributed by atoms with Gasteiger partial charge in [0.25, 0.3) is 0 Å². The molecule has 0 N–H and O–H groups in total. The molecule has 0 saturated carbocycles. The second-order valence-electron chi connectivity index (χ2n) is 4.85. The molecule has 1 atom stereocenters. The van der Waals surface area contributed by atoms with E-state index in [9.17, 15) is 0 Å². The summed E-state index contributed by atoms with van der Waals surface area (Å²) in [6, 6.07) is 0. The fourth-order valence-corrected chi connectivity index (χ4v) is 2.50. The van der Waals surface area contributed by atoms with Gasteiger partial charge in [-0.3, -0.25) is 4.57 Å². The van der Waals surface area contributed by atoms with Gasteiger partial charge in [0.15, 0.2) is 0 Å². The molecule has 0 bridgehead atoms. The lowest BCUT2D eigenvalue weighted by Crippen LogP contribution is -2.33. The molecule has 1 fully saturated rings. The quantitative estimate of drug-likeness (QED) is 0.837. The Labute approximate surface area is 128 Å². The molecule has 2 aromatic rings. The molecule has 3 rings (SSSR count). The first-order valence-corrected chi connectivity index (χ1v) is 7.40. The minimum Gasteiger partial charge on any atom is -0.376 e. The number of nitrogens with zero attached hydrogens (tertiary/aromatic N) is 6. The number of halogens is 1. The van der Waals surface area contributed by atoms with Crippen LogP contribution in [0.3, 0.4) is 0 Å². The van der Waals surface area contributed by atoms with Crippen molar-refractivity contribution in [2.45, 2.75) is 25.9 Å². The Balaban J connectivity index is 1.85. The molecule has 3 heterocycles. The highest BCUT2D eigenvalue weighted by Crippen LogP contribution is 2.18. The molecule has 0 amide bonds. The van der Waals surface area contributed by atoms with Crippen molar-refractivity contribution in [3.8, 4) is 5.95 Å². The van der Waals surface area contributed by atoms with Gasteiger partial charge in [-0.05, 0) is 31.4 Å². The third kappa shape index (κ3) is 3.30. The number of hydrogen-bond donors (Lipinski definition) is 0. The molecule has 7 nitrogen and oxygen atoms in total. The maximum absolute atomic E-state index is 6.03. The zero-order valence-electron chi connectivity index (χ0n) is 11.8. The maximum atomic E-state index is 6.03. The fourth-order valence-electron chi connectivity index (χ4n) is 2.35. The van der Waals surface area contributed by atoms with Crippen LogP contribution in [0.2, 0.25) is 5.28 Å². The van der Waals surface area contributed by atoms with Crippen LogP contribution in [0.5, 0.6) is 0 Å². The SMILES string of the molecule is CCN(CC1CCCO1)c1nc(Cl)nc(-n2ccnc2)n1. The molecule has 2 aromatic heterocycles. The van der Waals surface area contributed by atoms with E-state index in [1.807, 2.05) is 0 Å². The van der Waals surface area contributed by atoms with E-state index in [1.54, 1.807) is 23.3 Å². The molecule has 0 spiro atoms. The van der Waals surface area contributed by atoms with E-state index in [0.29, 0.717) is 11.9 Å². The highest BCUT2D eigenvalue weighted by Gasteiger charge is 2.21. The first kappa shape index (κ1) is 14.2. The van der Waals surface area contributed by atoms with Crippen molar-refractivity contribution in [3.05, 3.63) is 24.0 Å². The Bertz CT molecular complexity index is 584. The van der Waals surface area contributed by atoms with Crippen molar-refractivity contribution >= 4 is 17.5 Å². The Morgan fingerprint density at radius 2 is 2.33 bits per heavy atom. The van der Waals surface area contributed by atoms with Crippen LogP contribution in [-0.4, -0.2) is 50.3 Å². The zero-order chi connectivity index (χ0) is 14.7. The van der Waals surface area contributed by atoms with Crippen LogP contribution in [0.1, 0.15) is 19.8 Å². The molecular weight excluding hydrogens is 292 g/mol. The van der Waals surface area contributed by atoms with Crippen molar-refractivity contribution in [1.82, 2.24) is 24.5 Å². The molecule has 1 aliphatic heterocycles. The summed E-state index contributed by atoms with van der Waals surface area (Å²) in [5.41, 5.74) is 0. The monoisotopic (exact) mass is 308 g/mol. The first-order chi connectivity index (χ1) is 10.3. The van der Waals surface area contributed by atoms with Gasteiger partial charge in [-0.2, -0.15) is 15.0 Å². The zero-order valence-corrected chi connectivity index (χ0v) is 12.6. The third-order valence-corrected chi connectivity index (χ3v) is 3.60. The molecule has 0 aliphatic carbocycles. The van der Waals surface area contributed by atoms with Gasteiger partial charge in [0.1, 0.15) is 6.33 Å². The molecule has 0 radical (unpaired) electrons. The topological polar surface area (TPSA) is 69.0 Å². The van der Waals surface area contributed by atoms with Crippen molar-refractivity contribution < 1.29 is 4.74 Å². The van der Waals surface area contributed by atoms with Crippen LogP contribution in [0.25, 0.3) is 5.95 Å². The number of rotatable bonds is 5. The second kappa shape index (κ2) is 6.36. The van der Waals surface area contributed by atoms with Gasteiger partial charge in [0, 0.05) is 32.1 Å². The molecule has 8 heteroatoms. The summed E-state index contributed by atoms with van der Waals surface area (Å²) < 4.78 is 7.38. The van der Waals surface area contributed by atoms with Crippen LogP contribution in [0.15, 0.2) is 18.7 Å². The highest BCUT2D eigenvalue weighted by atomic mass is 35.5. The maximum Gasteiger partial charge on any atom is 0.241 e. The predicted octanol–water partition coefficient (Wildman–Crippen LogP) is 1.72. The smallest absolute Gasteiger partial charge is 0.241 e. The van der Waals surface area contributed by atoms with E-state index in [0.717, 1.165) is 32.5 Å². The lowest BCUT2D eigenvalue weighted by atomic mass is 10.2. The molecule has 21 heavy (non-hydrogen) atoms. The molecule has 1 unspecified atom stereocenters. The lowest BCUT2D eigenvalue weighted by molar-refractivity contribution is 0.115. The van der Waals surface area contributed by atoms with Crippen LogP contribution in [-0.2, 0) is 4.74 Å². The highest BCUT2D eigenvalue weighted by molar-refractivity contribution is 6.28. The second-order valence-corrected chi connectivity index (χ2v) is 5.19. The van der Waals surface area contributed by atoms with Crippen LogP contribution in [0, 0.1) is 0 Å². The summed E-state index contributed by atoms with van der Waals surface area (Å²) in [6.07, 6.45) is 7.49. The van der Waals surface area contributed by atoms with Crippen molar-refractivity contribution in [3.63, 3.8) is 0 Å². The van der Waals surface area contributed by atoms with E-state index in [1.165, 1.54) is 0 Å². The number of hydrogen-bond acceptors (Lipinski definition) is 6. The summed E-state index contributed by atoms with van der Waals surface area (Å²) in [7, 11) is 0. The van der Waals surface area contributed by atoms with Crippen LogP contribution < -0.4 is 4.90 Å². The van der Waals surface area contributed by atoms with Gasteiger partial charge in [0.05, 0.1) is 6.10 Å². The standard InChI is InChI=1S/C13H17ClN6O/c1-2-19(8-10-4-3-7-21-10)12-16-11(14)17-13(18-12)20-6-5-15-9-20/h5-6,9-10H,2-4,7-8H2,1H3. The average molecular weight is 309 g/mol. The summed E-state index contributed by atoms with van der Waals surface area (Å²) >= 11 is 6.03. The summed E-state index contributed by atoms with van der Waals surface area (Å²) in [5, 5.41) is 0.175. The molecular formula is C13H17ClN6O. The van der Waals surface area contributed by atoms with E-state index in [-0.39, 0.29) is 11.4 Å². The molecule has 112 valence electrons. The predicted molar refractivity (Wildman–Crippen MR) is 78.8 cm³/mol. The van der Waals surface area contributed by atoms with Crippen LogP contribution in [0.4, 0.5) is 5.95 Å². The Morgan fingerprint density at radius 3 is 3.00 bits per heavy atom. The van der Waals surface area contributed by atoms with Crippen molar-refractivity contribution in [2.24, 2.45) is 0 Å². The Hall–Kier alpha value is -1.73. The number of imidazole rings is 1. The van der Waals surface area contributed by atoms with Gasteiger partial charge in [0.2, 0.25) is 17.2 Å². The van der Waals surface area contributed by atoms with Crippen LogP contribution >= 0.6 is 11.6 Å². The van der Waals surface area contributed by atoms with Crippen molar-refractivity contribution in [2.75, 3.05) is 24.6 Å². The average Bonchev–Trinajstić information content (AvgIpc) is 3.17. The Morgan fingerprint density at radius 1 is 1.43 bits per heavy atom. The number of likely N-dealkylation sites (N-methyl/N-ethyl adjacent to an activating group) is 1. The summed E-state index contributed by atoms with van der Waals surface area (Å²) in [4.78, 5) is 18.9. The van der Waals surface area contributed by atoms with E-state index in [2.05, 4.69) is 31.8 Å². The van der Waals surface area contributed by atoms with Gasteiger partial charge in [-0.1, -0.05) is 0 Å². The Kier molecular flexibility index (Phi) is 4.31. The lowest BCUT2D eigenvalue weighted by Gasteiger charge is -2.24. The molecule has 1 aliphatic rings. The number of aromatic nitrogens is 5. The number of anilines is 1. The summed E-state index contributed by atoms with van der Waals surface area (Å²) in [6.45, 7) is 4.44. The first-order valence-electron chi connectivity index (χ1n) is 7.02. The third-order valence-electron chi connectivity index (χ3n) is 3.43. The van der Waals surface area contributed by atoms with E-state index in [4.69, 9.17) is 16.3 Å². The summed E-state index contributed by atoms with van der Waals surface area (Å²) in [5.74, 6) is 1.03. The van der Waals surface area contributed by atoms with Gasteiger partial charge < -0.3 is 9.64 Å². The van der Waals surface area contributed by atoms with E-state index >= 15 is 0 Å². The fraction of sp³-hybridized carbons (Fsp3) is 0.538. The van der Waals surface area contributed by atoms with Crippen molar-refractivity contribution in [1.29, 1.82) is 0 Å². The van der Waals surface area contributed by atoms with Gasteiger partial charge in [-0.25, -0.2) is 4.98 Å². The minimum absolute atomic E-state index is 0.175.